The average Bonchev–Trinajstić information content (AvgIpc) is 2.96. The molecule has 0 aliphatic rings. The quantitative estimate of drug-likeness (QED) is 0.0751. The summed E-state index contributed by atoms with van der Waals surface area (Å²) in [5.74, 6) is -0.186. The van der Waals surface area contributed by atoms with Crippen LogP contribution in [0.3, 0.4) is 0 Å². The number of unbranched alkanes of at least 4 members (excludes halogenated alkanes) is 30. The van der Waals surface area contributed by atoms with E-state index in [1.165, 1.54) is 205 Å². The monoisotopic (exact) mass is 579 g/mol. The molecule has 0 fully saturated rings. The highest BCUT2D eigenvalue weighted by atomic mass is 16.4. The van der Waals surface area contributed by atoms with E-state index in [-0.39, 0.29) is 0 Å². The van der Waals surface area contributed by atoms with Gasteiger partial charge in [-0.2, -0.15) is 0 Å². The van der Waals surface area contributed by atoms with E-state index in [1.54, 1.807) is 0 Å². The highest BCUT2D eigenvalue weighted by Gasteiger charge is 2.12. The highest BCUT2D eigenvalue weighted by Crippen LogP contribution is 2.23. The van der Waals surface area contributed by atoms with E-state index in [9.17, 15) is 9.90 Å². The molecule has 41 heavy (non-hydrogen) atoms. The van der Waals surface area contributed by atoms with Gasteiger partial charge in [0, 0.05) is 6.42 Å². The fourth-order valence-corrected chi connectivity index (χ4v) is 6.56. The zero-order valence-corrected chi connectivity index (χ0v) is 28.7. The topological polar surface area (TPSA) is 37.3 Å². The lowest BCUT2D eigenvalue weighted by molar-refractivity contribution is -0.138. The van der Waals surface area contributed by atoms with E-state index in [1.807, 2.05) is 0 Å². The molecule has 0 heterocycles. The standard InChI is InChI=1S/C39H78O2/c1-3-5-7-9-11-13-15-17-19-21-23-25-27-29-31-33-35-38(37-39(40)41)36-34-32-30-28-26-24-22-20-18-16-14-12-10-8-6-4-2/h38H,3-37H2,1-2H3,(H,40,41). The minimum atomic E-state index is -0.594. The molecule has 0 aromatic rings. The van der Waals surface area contributed by atoms with Crippen LogP contribution in [-0.4, -0.2) is 11.1 Å². The Morgan fingerprint density at radius 3 is 0.756 bits per heavy atom. The zero-order chi connectivity index (χ0) is 29.9. The van der Waals surface area contributed by atoms with Gasteiger partial charge in [0.15, 0.2) is 0 Å². The van der Waals surface area contributed by atoms with E-state index < -0.39 is 5.97 Å². The Kier molecular flexibility index (Phi) is 35.2. The summed E-state index contributed by atoms with van der Waals surface area (Å²) in [5.41, 5.74) is 0. The summed E-state index contributed by atoms with van der Waals surface area (Å²) in [5, 5.41) is 9.35. The number of carbonyl (C=O) groups is 1. The van der Waals surface area contributed by atoms with E-state index in [4.69, 9.17) is 0 Å². The molecule has 0 aromatic carbocycles. The van der Waals surface area contributed by atoms with Gasteiger partial charge in [0.05, 0.1) is 0 Å². The largest absolute Gasteiger partial charge is 0.481 e. The molecular formula is C39H78O2. The third-order valence-corrected chi connectivity index (χ3v) is 9.40. The minimum Gasteiger partial charge on any atom is -0.481 e. The van der Waals surface area contributed by atoms with Crippen molar-refractivity contribution in [1.82, 2.24) is 0 Å². The fourth-order valence-electron chi connectivity index (χ4n) is 6.56. The van der Waals surface area contributed by atoms with Crippen LogP contribution in [0.2, 0.25) is 0 Å². The Balaban J connectivity index is 3.46. The molecule has 2 heteroatoms. The van der Waals surface area contributed by atoms with Crippen molar-refractivity contribution in [2.75, 3.05) is 0 Å². The van der Waals surface area contributed by atoms with Gasteiger partial charge in [0.2, 0.25) is 0 Å². The van der Waals surface area contributed by atoms with Gasteiger partial charge in [-0.1, -0.05) is 219 Å². The average molecular weight is 579 g/mol. The molecule has 0 saturated carbocycles. The Bertz CT molecular complexity index is 452. The first-order chi connectivity index (χ1) is 20.2. The number of hydrogen-bond donors (Lipinski definition) is 1. The summed E-state index contributed by atoms with van der Waals surface area (Å²) in [6.45, 7) is 4.59. The lowest BCUT2D eigenvalue weighted by Gasteiger charge is -2.14. The molecule has 0 aromatic heterocycles. The van der Waals surface area contributed by atoms with Crippen LogP contribution in [0.4, 0.5) is 0 Å². The SMILES string of the molecule is CCCCCCCCCCCCCCCCCCC(CCCCCCCCCCCCCCCCCC)CC(=O)O. The van der Waals surface area contributed by atoms with Crippen LogP contribution < -0.4 is 0 Å². The molecule has 0 aliphatic heterocycles. The molecule has 0 aliphatic carbocycles. The molecule has 1 N–H and O–H groups in total. The summed E-state index contributed by atoms with van der Waals surface area (Å²) >= 11 is 0. The van der Waals surface area contributed by atoms with Crippen LogP contribution in [0.1, 0.15) is 239 Å². The molecule has 0 spiro atoms. The second kappa shape index (κ2) is 35.7. The Morgan fingerprint density at radius 1 is 0.366 bits per heavy atom. The van der Waals surface area contributed by atoms with Gasteiger partial charge in [0.1, 0.15) is 0 Å². The molecule has 0 saturated heterocycles. The zero-order valence-electron chi connectivity index (χ0n) is 28.7. The van der Waals surface area contributed by atoms with Crippen LogP contribution in [0.15, 0.2) is 0 Å². The lowest BCUT2D eigenvalue weighted by atomic mass is 9.91. The first-order valence-corrected chi connectivity index (χ1v) is 19.4. The first-order valence-electron chi connectivity index (χ1n) is 19.4. The maximum Gasteiger partial charge on any atom is 0.303 e. The smallest absolute Gasteiger partial charge is 0.303 e. The summed E-state index contributed by atoms with van der Waals surface area (Å²) in [6.07, 6.45) is 47.4. The van der Waals surface area contributed by atoms with Gasteiger partial charge in [0.25, 0.3) is 0 Å². The summed E-state index contributed by atoms with van der Waals surface area (Å²) in [4.78, 5) is 11.4. The number of carboxylic acid groups (broad SMARTS) is 1. The van der Waals surface area contributed by atoms with Gasteiger partial charge in [-0.15, -0.1) is 0 Å². The van der Waals surface area contributed by atoms with Gasteiger partial charge in [-0.25, -0.2) is 0 Å². The number of carboxylic acids is 1. The normalized spacial score (nSPS) is 11.6. The molecule has 2 nitrogen and oxygen atoms in total. The predicted molar refractivity (Wildman–Crippen MR) is 184 cm³/mol. The minimum absolute atomic E-state index is 0.386. The molecule has 0 bridgehead atoms. The van der Waals surface area contributed by atoms with E-state index in [2.05, 4.69) is 13.8 Å². The highest BCUT2D eigenvalue weighted by molar-refractivity contribution is 5.66. The van der Waals surface area contributed by atoms with Gasteiger partial charge >= 0.3 is 5.97 Å². The summed E-state index contributed by atoms with van der Waals surface area (Å²) in [6, 6.07) is 0. The fraction of sp³-hybridized carbons (Fsp3) is 0.974. The third-order valence-electron chi connectivity index (χ3n) is 9.40. The van der Waals surface area contributed by atoms with E-state index in [0.29, 0.717) is 12.3 Å². The van der Waals surface area contributed by atoms with Gasteiger partial charge < -0.3 is 5.11 Å². The van der Waals surface area contributed by atoms with E-state index in [0.717, 1.165) is 12.8 Å². The van der Waals surface area contributed by atoms with Gasteiger partial charge in [-0.05, 0) is 18.8 Å². The van der Waals surface area contributed by atoms with Crippen molar-refractivity contribution in [1.29, 1.82) is 0 Å². The van der Waals surface area contributed by atoms with Crippen molar-refractivity contribution < 1.29 is 9.90 Å². The predicted octanol–water partition coefficient (Wildman–Crippen LogP) is 14.4. The van der Waals surface area contributed by atoms with Crippen molar-refractivity contribution in [3.05, 3.63) is 0 Å². The molecule has 0 rings (SSSR count). The third kappa shape index (κ3) is 35.6. The second-order valence-corrected chi connectivity index (χ2v) is 13.6. The Morgan fingerprint density at radius 2 is 0.561 bits per heavy atom. The van der Waals surface area contributed by atoms with Crippen LogP contribution in [0, 0.1) is 5.92 Å². The van der Waals surface area contributed by atoms with Crippen LogP contribution in [0.5, 0.6) is 0 Å². The molecule has 0 unspecified atom stereocenters. The molecular weight excluding hydrogens is 500 g/mol. The number of hydrogen-bond acceptors (Lipinski definition) is 1. The lowest BCUT2D eigenvalue weighted by Crippen LogP contribution is -2.08. The first kappa shape index (κ1) is 40.5. The van der Waals surface area contributed by atoms with Crippen LogP contribution in [0.25, 0.3) is 0 Å². The molecule has 0 radical (unpaired) electrons. The van der Waals surface area contributed by atoms with Gasteiger partial charge in [-0.3, -0.25) is 4.79 Å². The molecule has 0 amide bonds. The van der Waals surface area contributed by atoms with Crippen LogP contribution >= 0.6 is 0 Å². The number of aliphatic carboxylic acids is 1. The molecule has 0 atom stereocenters. The maximum absolute atomic E-state index is 11.4. The van der Waals surface area contributed by atoms with E-state index >= 15 is 0 Å². The van der Waals surface area contributed by atoms with Crippen molar-refractivity contribution in [3.8, 4) is 0 Å². The van der Waals surface area contributed by atoms with Crippen molar-refractivity contribution in [3.63, 3.8) is 0 Å². The summed E-state index contributed by atoms with van der Waals surface area (Å²) in [7, 11) is 0. The van der Waals surface area contributed by atoms with Crippen LogP contribution in [-0.2, 0) is 4.79 Å². The second-order valence-electron chi connectivity index (χ2n) is 13.6. The van der Waals surface area contributed by atoms with Crippen molar-refractivity contribution in [2.24, 2.45) is 5.92 Å². The molecule has 246 valence electrons. The Labute approximate surface area is 260 Å². The summed E-state index contributed by atoms with van der Waals surface area (Å²) < 4.78 is 0. The van der Waals surface area contributed by atoms with Crippen molar-refractivity contribution >= 4 is 5.97 Å². The Hall–Kier alpha value is -0.530. The maximum atomic E-state index is 11.4. The number of rotatable bonds is 36. The van der Waals surface area contributed by atoms with Crippen molar-refractivity contribution in [2.45, 2.75) is 239 Å².